The summed E-state index contributed by atoms with van der Waals surface area (Å²) >= 11 is 5.89. The van der Waals surface area contributed by atoms with Gasteiger partial charge in [-0.05, 0) is 54.4 Å². The molecule has 1 N–H and O–H groups in total. The monoisotopic (exact) mass is 357 g/mol. The maximum absolute atomic E-state index is 12.6. The Labute approximate surface area is 152 Å². The van der Waals surface area contributed by atoms with Crippen LogP contribution in [0, 0.1) is 0 Å². The van der Waals surface area contributed by atoms with Crippen molar-refractivity contribution in [2.24, 2.45) is 0 Å². The molecule has 0 aliphatic carbocycles. The number of nitrogens with one attached hydrogen (secondary N) is 1. The minimum atomic E-state index is -0.111. The number of carbonyl (C=O) groups is 1. The Morgan fingerprint density at radius 3 is 2.56 bits per heavy atom. The van der Waals surface area contributed by atoms with Crippen molar-refractivity contribution in [2.45, 2.75) is 6.42 Å². The van der Waals surface area contributed by atoms with Gasteiger partial charge in [-0.3, -0.25) is 4.90 Å². The number of hydrogen-bond acceptors (Lipinski definition) is 3. The summed E-state index contributed by atoms with van der Waals surface area (Å²) in [5.74, 6) is 0. The van der Waals surface area contributed by atoms with Gasteiger partial charge >= 0.3 is 6.03 Å². The summed E-state index contributed by atoms with van der Waals surface area (Å²) < 4.78 is 5.42. The number of halogens is 1. The summed E-state index contributed by atoms with van der Waals surface area (Å²) in [5, 5.41) is 3.58. The fourth-order valence-electron chi connectivity index (χ4n) is 3.34. The number of amides is 2. The number of hydrogen-bond donors (Lipinski definition) is 1. The number of fused-ring (bicyclic) bond motifs is 1. The largest absolute Gasteiger partial charge is 0.378 e. The van der Waals surface area contributed by atoms with Crippen LogP contribution in [0.15, 0.2) is 42.5 Å². The molecule has 1 fully saturated rings. The van der Waals surface area contributed by atoms with Crippen LogP contribution in [0.25, 0.3) is 0 Å². The average Bonchev–Trinajstić information content (AvgIpc) is 3.07. The molecule has 2 aliphatic rings. The lowest BCUT2D eigenvalue weighted by Gasteiger charge is -2.29. The predicted octanol–water partition coefficient (Wildman–Crippen LogP) is 3.77. The van der Waals surface area contributed by atoms with E-state index in [1.807, 2.05) is 0 Å². The number of anilines is 3. The molecule has 0 aromatic heterocycles. The second kappa shape index (κ2) is 6.94. The molecule has 0 spiro atoms. The molecule has 0 atom stereocenters. The first-order valence-corrected chi connectivity index (χ1v) is 8.88. The smallest absolute Gasteiger partial charge is 0.326 e. The number of benzene rings is 2. The summed E-state index contributed by atoms with van der Waals surface area (Å²) in [7, 11) is 0. The molecule has 0 bridgehead atoms. The van der Waals surface area contributed by atoms with Gasteiger partial charge in [-0.25, -0.2) is 4.79 Å². The minimum Gasteiger partial charge on any atom is -0.378 e. The van der Waals surface area contributed by atoms with Crippen molar-refractivity contribution in [1.29, 1.82) is 0 Å². The zero-order valence-electron chi connectivity index (χ0n) is 13.9. The van der Waals surface area contributed by atoms with Gasteiger partial charge < -0.3 is 15.0 Å². The van der Waals surface area contributed by atoms with Gasteiger partial charge in [0.25, 0.3) is 0 Å². The van der Waals surface area contributed by atoms with E-state index in [2.05, 4.69) is 28.4 Å². The third-order valence-corrected chi connectivity index (χ3v) is 4.93. The lowest BCUT2D eigenvalue weighted by molar-refractivity contribution is 0.122. The van der Waals surface area contributed by atoms with Crippen LogP contribution in [-0.4, -0.2) is 38.9 Å². The van der Waals surface area contributed by atoms with Crippen LogP contribution in [0.2, 0.25) is 5.02 Å². The van der Waals surface area contributed by atoms with E-state index in [1.54, 1.807) is 29.2 Å². The Kier molecular flexibility index (Phi) is 4.51. The van der Waals surface area contributed by atoms with Crippen LogP contribution in [0.1, 0.15) is 5.56 Å². The lowest BCUT2D eigenvalue weighted by Crippen LogP contribution is -2.36. The Morgan fingerprint density at radius 1 is 1.04 bits per heavy atom. The molecule has 25 heavy (non-hydrogen) atoms. The first-order chi connectivity index (χ1) is 12.2. The lowest BCUT2D eigenvalue weighted by atomic mass is 10.1. The highest BCUT2D eigenvalue weighted by Crippen LogP contribution is 2.32. The first-order valence-electron chi connectivity index (χ1n) is 8.50. The van der Waals surface area contributed by atoms with E-state index in [4.69, 9.17) is 16.3 Å². The van der Waals surface area contributed by atoms with E-state index in [0.29, 0.717) is 11.6 Å². The Balaban J connectivity index is 1.49. The normalized spacial score (nSPS) is 16.7. The zero-order valence-corrected chi connectivity index (χ0v) is 14.6. The molecule has 2 aromatic carbocycles. The molecule has 2 amide bonds. The number of morpholine rings is 1. The maximum atomic E-state index is 12.6. The summed E-state index contributed by atoms with van der Waals surface area (Å²) in [5.41, 5.74) is 4.16. The van der Waals surface area contributed by atoms with Crippen molar-refractivity contribution in [2.75, 3.05) is 48.0 Å². The van der Waals surface area contributed by atoms with E-state index in [-0.39, 0.29) is 6.03 Å². The fraction of sp³-hybridized carbons (Fsp3) is 0.316. The first kappa shape index (κ1) is 16.2. The summed E-state index contributed by atoms with van der Waals surface area (Å²) in [4.78, 5) is 16.7. The second-order valence-corrected chi connectivity index (χ2v) is 6.69. The highest BCUT2D eigenvalue weighted by molar-refractivity contribution is 6.30. The highest BCUT2D eigenvalue weighted by Gasteiger charge is 2.25. The molecule has 4 rings (SSSR count). The molecule has 0 saturated carbocycles. The predicted molar refractivity (Wildman–Crippen MR) is 101 cm³/mol. The van der Waals surface area contributed by atoms with Crippen molar-refractivity contribution in [3.05, 3.63) is 53.1 Å². The standard InChI is InChI=1S/C19H20ClN3O2/c20-15-1-3-16(4-2-15)21-19(24)23-8-7-14-13-17(5-6-18(14)23)22-9-11-25-12-10-22/h1-6,13H,7-12H2,(H,21,24). The van der Waals surface area contributed by atoms with Gasteiger partial charge in [0.05, 0.1) is 13.2 Å². The van der Waals surface area contributed by atoms with E-state index >= 15 is 0 Å². The third kappa shape index (κ3) is 3.43. The molecule has 6 heteroatoms. The van der Waals surface area contributed by atoms with Gasteiger partial charge in [-0.15, -0.1) is 0 Å². The van der Waals surface area contributed by atoms with Gasteiger partial charge in [-0.2, -0.15) is 0 Å². The van der Waals surface area contributed by atoms with Crippen molar-refractivity contribution >= 4 is 34.7 Å². The molecule has 1 saturated heterocycles. The molecule has 130 valence electrons. The Bertz CT molecular complexity index is 773. The van der Waals surface area contributed by atoms with Gasteiger partial charge in [0.2, 0.25) is 0 Å². The number of ether oxygens (including phenoxy) is 1. The number of carbonyl (C=O) groups excluding carboxylic acids is 1. The van der Waals surface area contributed by atoms with E-state index in [9.17, 15) is 4.79 Å². The molecule has 0 unspecified atom stereocenters. The molecular formula is C19H20ClN3O2. The summed E-state index contributed by atoms with van der Waals surface area (Å²) in [6.07, 6.45) is 0.877. The van der Waals surface area contributed by atoms with Gasteiger partial charge in [0.1, 0.15) is 0 Å². The van der Waals surface area contributed by atoms with Crippen LogP contribution in [-0.2, 0) is 11.2 Å². The quantitative estimate of drug-likeness (QED) is 0.889. The molecule has 0 radical (unpaired) electrons. The average molecular weight is 358 g/mol. The van der Waals surface area contributed by atoms with Crippen LogP contribution in [0.5, 0.6) is 0 Å². The van der Waals surface area contributed by atoms with E-state index in [0.717, 1.165) is 44.1 Å². The number of rotatable bonds is 2. The molecular weight excluding hydrogens is 338 g/mol. The van der Waals surface area contributed by atoms with Crippen molar-refractivity contribution in [3.8, 4) is 0 Å². The van der Waals surface area contributed by atoms with Crippen molar-refractivity contribution in [3.63, 3.8) is 0 Å². The van der Waals surface area contributed by atoms with Crippen LogP contribution >= 0.6 is 11.6 Å². The van der Waals surface area contributed by atoms with Crippen LogP contribution < -0.4 is 15.1 Å². The number of urea groups is 1. The topological polar surface area (TPSA) is 44.8 Å². The fourth-order valence-corrected chi connectivity index (χ4v) is 3.47. The van der Waals surface area contributed by atoms with Gasteiger partial charge in [-0.1, -0.05) is 11.6 Å². The van der Waals surface area contributed by atoms with E-state index in [1.165, 1.54) is 11.3 Å². The van der Waals surface area contributed by atoms with Crippen LogP contribution in [0.4, 0.5) is 21.9 Å². The van der Waals surface area contributed by atoms with Crippen LogP contribution in [0.3, 0.4) is 0 Å². The minimum absolute atomic E-state index is 0.111. The summed E-state index contributed by atoms with van der Waals surface area (Å²) in [6, 6.07) is 13.4. The van der Waals surface area contributed by atoms with Crippen molar-refractivity contribution in [1.82, 2.24) is 0 Å². The third-order valence-electron chi connectivity index (χ3n) is 4.68. The molecule has 2 heterocycles. The molecule has 5 nitrogen and oxygen atoms in total. The van der Waals surface area contributed by atoms with Crippen molar-refractivity contribution < 1.29 is 9.53 Å². The van der Waals surface area contributed by atoms with Gasteiger partial charge in [0, 0.05) is 41.7 Å². The maximum Gasteiger partial charge on any atom is 0.326 e. The summed E-state index contributed by atoms with van der Waals surface area (Å²) in [6.45, 7) is 4.07. The highest BCUT2D eigenvalue weighted by atomic mass is 35.5. The second-order valence-electron chi connectivity index (χ2n) is 6.25. The molecule has 2 aliphatic heterocycles. The van der Waals surface area contributed by atoms with E-state index < -0.39 is 0 Å². The Hall–Kier alpha value is -2.24. The Morgan fingerprint density at radius 2 is 1.80 bits per heavy atom. The van der Waals surface area contributed by atoms with Gasteiger partial charge in [0.15, 0.2) is 0 Å². The zero-order chi connectivity index (χ0) is 17.2. The SMILES string of the molecule is O=C(Nc1ccc(Cl)cc1)N1CCc2cc(N3CCOCC3)ccc21. The number of nitrogens with zero attached hydrogens (tertiary/aromatic N) is 2. The molecule has 2 aromatic rings.